The summed E-state index contributed by atoms with van der Waals surface area (Å²) < 4.78 is 6.23. The Kier molecular flexibility index (Phi) is 38.2. The average molecular weight is 754 g/mol. The zero-order valence-electron chi connectivity index (χ0n) is 35.8. The molecule has 0 spiro atoms. The Hall–Kier alpha value is -0.590. The topological polar surface area (TPSA) is 66.8 Å². The Morgan fingerprint density at radius 2 is 0.981 bits per heavy atom. The van der Waals surface area contributed by atoms with Crippen molar-refractivity contribution < 1.29 is 19.4 Å². The second-order valence-electron chi connectivity index (χ2n) is 16.6. The highest BCUT2D eigenvalue weighted by atomic mass is 32.2. The van der Waals surface area contributed by atoms with Crippen LogP contribution < -0.4 is 0 Å². The lowest BCUT2D eigenvalue weighted by Crippen LogP contribution is -2.31. The molecule has 0 aromatic carbocycles. The summed E-state index contributed by atoms with van der Waals surface area (Å²) in [5.41, 5.74) is -0.434. The van der Waals surface area contributed by atoms with Crippen molar-refractivity contribution in [1.82, 2.24) is 4.90 Å². The highest BCUT2D eigenvalue weighted by Crippen LogP contribution is 2.28. The lowest BCUT2D eigenvalue weighted by Gasteiger charge is -2.27. The third kappa shape index (κ3) is 33.9. The Morgan fingerprint density at radius 3 is 1.48 bits per heavy atom. The van der Waals surface area contributed by atoms with Crippen LogP contribution in [-0.4, -0.2) is 59.2 Å². The van der Waals surface area contributed by atoms with Gasteiger partial charge in [-0.15, -0.1) is 0 Å². The summed E-state index contributed by atoms with van der Waals surface area (Å²) in [5.74, 6) is 0.988. The SMILES string of the molecule is CCCCCCCCCCCSC(=O)CCCCCN(CCO)CCCCCCC(C)(C)C(=O)OC(CCCCCCCC)CCCCCCCC. The number of ether oxygens (including phenoxy) is 1. The minimum atomic E-state index is -0.434. The monoisotopic (exact) mass is 754 g/mol. The molecule has 5 nitrogen and oxygen atoms in total. The third-order valence-electron chi connectivity index (χ3n) is 10.9. The average Bonchev–Trinajstić information content (AvgIpc) is 3.12. The first-order valence-electron chi connectivity index (χ1n) is 23.0. The number of aliphatic hydroxyl groups is 1. The smallest absolute Gasteiger partial charge is 0.311 e. The molecule has 0 radical (unpaired) electrons. The quantitative estimate of drug-likeness (QED) is 0.0495. The predicted octanol–water partition coefficient (Wildman–Crippen LogP) is 14.0. The van der Waals surface area contributed by atoms with E-state index in [9.17, 15) is 14.7 Å². The number of carbonyl (C=O) groups is 2. The van der Waals surface area contributed by atoms with Crippen molar-refractivity contribution in [2.24, 2.45) is 5.41 Å². The fraction of sp³-hybridized carbons (Fsp3) is 0.957. The van der Waals surface area contributed by atoms with E-state index in [-0.39, 0.29) is 18.7 Å². The minimum absolute atomic E-state index is 0.00248. The molecule has 0 atom stereocenters. The lowest BCUT2D eigenvalue weighted by molar-refractivity contribution is -0.161. The number of unbranched alkanes of at least 4 members (excludes halogenated alkanes) is 23. The number of thioether (sulfide) groups is 1. The van der Waals surface area contributed by atoms with Crippen molar-refractivity contribution in [3.8, 4) is 0 Å². The van der Waals surface area contributed by atoms with Crippen molar-refractivity contribution in [2.75, 3.05) is 32.0 Å². The molecule has 0 saturated carbocycles. The van der Waals surface area contributed by atoms with Gasteiger partial charge in [-0.3, -0.25) is 9.59 Å². The van der Waals surface area contributed by atoms with Gasteiger partial charge in [0.1, 0.15) is 6.10 Å². The van der Waals surface area contributed by atoms with Gasteiger partial charge < -0.3 is 14.7 Å². The minimum Gasteiger partial charge on any atom is -0.462 e. The lowest BCUT2D eigenvalue weighted by atomic mass is 9.86. The normalized spacial score (nSPS) is 12.0. The van der Waals surface area contributed by atoms with Crippen LogP contribution in [0.25, 0.3) is 0 Å². The van der Waals surface area contributed by atoms with E-state index in [1.165, 1.54) is 135 Å². The van der Waals surface area contributed by atoms with Crippen molar-refractivity contribution in [1.29, 1.82) is 0 Å². The predicted molar refractivity (Wildman–Crippen MR) is 229 cm³/mol. The summed E-state index contributed by atoms with van der Waals surface area (Å²) in [6, 6.07) is 0. The zero-order chi connectivity index (χ0) is 38.4. The van der Waals surface area contributed by atoms with E-state index in [0.29, 0.717) is 11.5 Å². The maximum absolute atomic E-state index is 13.3. The van der Waals surface area contributed by atoms with Gasteiger partial charge in [0, 0.05) is 18.7 Å². The first-order chi connectivity index (χ1) is 25.3. The molecule has 0 rings (SSSR count). The molecular formula is C46H91NO4S. The van der Waals surface area contributed by atoms with E-state index in [1.54, 1.807) is 11.8 Å². The van der Waals surface area contributed by atoms with E-state index >= 15 is 0 Å². The van der Waals surface area contributed by atoms with Crippen LogP contribution in [0.5, 0.6) is 0 Å². The molecule has 0 saturated heterocycles. The van der Waals surface area contributed by atoms with Gasteiger partial charge in [0.2, 0.25) is 0 Å². The molecule has 0 heterocycles. The van der Waals surface area contributed by atoms with Crippen LogP contribution in [-0.2, 0) is 14.3 Å². The van der Waals surface area contributed by atoms with Gasteiger partial charge in [-0.25, -0.2) is 0 Å². The van der Waals surface area contributed by atoms with Crippen molar-refractivity contribution >= 4 is 22.8 Å². The molecule has 52 heavy (non-hydrogen) atoms. The first kappa shape index (κ1) is 51.4. The number of hydrogen-bond donors (Lipinski definition) is 1. The zero-order valence-corrected chi connectivity index (χ0v) is 36.6. The van der Waals surface area contributed by atoms with Gasteiger partial charge >= 0.3 is 5.97 Å². The molecule has 310 valence electrons. The Labute approximate surface area is 329 Å². The van der Waals surface area contributed by atoms with Crippen molar-refractivity contribution in [3.05, 3.63) is 0 Å². The van der Waals surface area contributed by atoms with Gasteiger partial charge in [0.05, 0.1) is 12.0 Å². The van der Waals surface area contributed by atoms with Gasteiger partial charge in [-0.2, -0.15) is 0 Å². The molecular weight excluding hydrogens is 663 g/mol. The molecule has 0 aliphatic heterocycles. The summed E-state index contributed by atoms with van der Waals surface area (Å²) in [6.45, 7) is 13.9. The van der Waals surface area contributed by atoms with E-state index in [2.05, 4.69) is 39.5 Å². The molecule has 0 amide bonds. The van der Waals surface area contributed by atoms with Gasteiger partial charge in [0.25, 0.3) is 0 Å². The number of esters is 1. The number of aliphatic hydroxyl groups excluding tert-OH is 1. The summed E-state index contributed by atoms with van der Waals surface area (Å²) >= 11 is 1.55. The second-order valence-corrected chi connectivity index (χ2v) is 17.8. The number of carbonyl (C=O) groups excluding carboxylic acids is 2. The highest BCUT2D eigenvalue weighted by Gasteiger charge is 2.30. The van der Waals surface area contributed by atoms with Crippen LogP contribution in [0.2, 0.25) is 0 Å². The molecule has 0 aliphatic carbocycles. The van der Waals surface area contributed by atoms with E-state index < -0.39 is 5.41 Å². The van der Waals surface area contributed by atoms with Gasteiger partial charge in [-0.05, 0) is 84.7 Å². The van der Waals surface area contributed by atoms with Crippen LogP contribution in [0.4, 0.5) is 0 Å². The summed E-state index contributed by atoms with van der Waals surface area (Å²) in [6.07, 6.45) is 38.5. The molecule has 6 heteroatoms. The maximum Gasteiger partial charge on any atom is 0.311 e. The number of hydrogen-bond acceptors (Lipinski definition) is 6. The third-order valence-corrected chi connectivity index (χ3v) is 11.9. The fourth-order valence-corrected chi connectivity index (χ4v) is 8.03. The molecule has 0 aliphatic rings. The Balaban J connectivity index is 4.19. The molecule has 0 aromatic heterocycles. The first-order valence-corrected chi connectivity index (χ1v) is 24.0. The van der Waals surface area contributed by atoms with Gasteiger partial charge in [-0.1, -0.05) is 174 Å². The molecule has 0 aromatic rings. The Bertz CT molecular complexity index is 759. The van der Waals surface area contributed by atoms with Crippen LogP contribution in [0.1, 0.15) is 240 Å². The molecule has 1 N–H and O–H groups in total. The summed E-state index contributed by atoms with van der Waals surface area (Å²) in [7, 11) is 0. The van der Waals surface area contributed by atoms with Crippen LogP contribution in [0.3, 0.4) is 0 Å². The highest BCUT2D eigenvalue weighted by molar-refractivity contribution is 8.13. The number of nitrogens with zero attached hydrogens (tertiary/aromatic N) is 1. The summed E-state index contributed by atoms with van der Waals surface area (Å²) in [5, 5.41) is 9.97. The van der Waals surface area contributed by atoms with Crippen LogP contribution in [0, 0.1) is 5.41 Å². The van der Waals surface area contributed by atoms with Crippen molar-refractivity contribution in [2.45, 2.75) is 246 Å². The number of rotatable bonds is 41. The van der Waals surface area contributed by atoms with Crippen molar-refractivity contribution in [3.63, 3.8) is 0 Å². The molecule has 0 bridgehead atoms. The largest absolute Gasteiger partial charge is 0.462 e. The van der Waals surface area contributed by atoms with Gasteiger partial charge in [0.15, 0.2) is 5.12 Å². The van der Waals surface area contributed by atoms with E-state index in [4.69, 9.17) is 4.74 Å². The fourth-order valence-electron chi connectivity index (χ4n) is 7.16. The van der Waals surface area contributed by atoms with E-state index in [1.807, 2.05) is 0 Å². The van der Waals surface area contributed by atoms with Crippen LogP contribution in [0.15, 0.2) is 0 Å². The van der Waals surface area contributed by atoms with E-state index in [0.717, 1.165) is 89.6 Å². The molecule has 0 fully saturated rings. The molecule has 0 unspecified atom stereocenters. The maximum atomic E-state index is 13.3. The Morgan fingerprint density at radius 1 is 0.558 bits per heavy atom. The summed E-state index contributed by atoms with van der Waals surface area (Å²) in [4.78, 5) is 28.0. The van der Waals surface area contributed by atoms with Crippen LogP contribution >= 0.6 is 11.8 Å². The second kappa shape index (κ2) is 38.7. The standard InChI is InChI=1S/C46H91NO4S/c1-6-9-12-15-18-19-20-25-33-42-52-44(49)36-29-26-32-39-47(40-41-48)38-31-24-23-30-37-46(4,5)45(50)51-43(34-27-21-16-13-10-7-2)35-28-22-17-14-11-8-3/h43,48H,6-42H2,1-5H3.